The van der Waals surface area contributed by atoms with Gasteiger partial charge in [0, 0.05) is 0 Å². The SMILES string of the molecule is CC1(C)OB(c2cccc3ccccc23)OC1(C)C. The normalized spacial score (nSPS) is 20.9. The second-order valence-corrected chi connectivity index (χ2v) is 6.16. The molecule has 2 nitrogen and oxygen atoms in total. The molecule has 1 aliphatic rings. The van der Waals surface area contributed by atoms with E-state index >= 15 is 0 Å². The first kappa shape index (κ1) is 12.7. The van der Waals surface area contributed by atoms with Gasteiger partial charge in [0.1, 0.15) is 0 Å². The highest BCUT2D eigenvalue weighted by Crippen LogP contribution is 2.36. The quantitative estimate of drug-likeness (QED) is 0.728. The summed E-state index contributed by atoms with van der Waals surface area (Å²) in [4.78, 5) is 0. The molecule has 0 atom stereocenters. The lowest BCUT2D eigenvalue weighted by Gasteiger charge is -2.32. The zero-order valence-corrected chi connectivity index (χ0v) is 11.9. The molecule has 19 heavy (non-hydrogen) atoms. The summed E-state index contributed by atoms with van der Waals surface area (Å²) in [6.45, 7) is 8.33. The number of benzene rings is 2. The molecule has 0 spiro atoms. The van der Waals surface area contributed by atoms with Crippen LogP contribution >= 0.6 is 0 Å². The molecule has 3 heteroatoms. The van der Waals surface area contributed by atoms with E-state index in [4.69, 9.17) is 9.31 Å². The highest BCUT2D eigenvalue weighted by atomic mass is 16.7. The van der Waals surface area contributed by atoms with Gasteiger partial charge in [0.2, 0.25) is 0 Å². The molecule has 0 amide bonds. The fourth-order valence-electron chi connectivity index (χ4n) is 2.43. The second-order valence-electron chi connectivity index (χ2n) is 6.16. The van der Waals surface area contributed by atoms with Gasteiger partial charge in [-0.25, -0.2) is 0 Å². The summed E-state index contributed by atoms with van der Waals surface area (Å²) >= 11 is 0. The smallest absolute Gasteiger partial charge is 0.399 e. The molecule has 0 unspecified atom stereocenters. The molecule has 0 radical (unpaired) electrons. The molecule has 1 saturated heterocycles. The summed E-state index contributed by atoms with van der Waals surface area (Å²) in [5, 5.41) is 2.42. The maximum Gasteiger partial charge on any atom is 0.495 e. The Bertz CT molecular complexity index is 598. The van der Waals surface area contributed by atoms with Crippen LogP contribution in [0.3, 0.4) is 0 Å². The third kappa shape index (κ3) is 1.97. The van der Waals surface area contributed by atoms with Crippen molar-refractivity contribution in [2.75, 3.05) is 0 Å². The molecular weight excluding hydrogens is 235 g/mol. The van der Waals surface area contributed by atoms with E-state index in [9.17, 15) is 0 Å². The van der Waals surface area contributed by atoms with Gasteiger partial charge in [-0.2, -0.15) is 0 Å². The molecule has 0 N–H and O–H groups in total. The third-order valence-electron chi connectivity index (χ3n) is 4.33. The maximum atomic E-state index is 6.14. The molecular formula is C16H19BO2. The average Bonchev–Trinajstić information content (AvgIpc) is 2.58. The van der Waals surface area contributed by atoms with Crippen molar-refractivity contribution in [3.63, 3.8) is 0 Å². The minimum absolute atomic E-state index is 0.295. The molecule has 0 saturated carbocycles. The first-order chi connectivity index (χ1) is 8.91. The van der Waals surface area contributed by atoms with E-state index in [2.05, 4.69) is 70.2 Å². The molecule has 2 aromatic carbocycles. The van der Waals surface area contributed by atoms with Crippen LogP contribution in [0, 0.1) is 0 Å². The Morgan fingerprint density at radius 2 is 1.37 bits per heavy atom. The van der Waals surface area contributed by atoms with Crippen molar-refractivity contribution >= 4 is 23.4 Å². The van der Waals surface area contributed by atoms with E-state index in [0.717, 1.165) is 5.46 Å². The van der Waals surface area contributed by atoms with Crippen molar-refractivity contribution in [1.82, 2.24) is 0 Å². The molecule has 0 aliphatic carbocycles. The number of hydrogen-bond donors (Lipinski definition) is 0. The van der Waals surface area contributed by atoms with Crippen molar-refractivity contribution < 1.29 is 9.31 Å². The highest BCUT2D eigenvalue weighted by Gasteiger charge is 2.51. The van der Waals surface area contributed by atoms with Gasteiger partial charge < -0.3 is 9.31 Å². The van der Waals surface area contributed by atoms with Crippen LogP contribution in [0.25, 0.3) is 10.8 Å². The topological polar surface area (TPSA) is 18.5 Å². The maximum absolute atomic E-state index is 6.14. The van der Waals surface area contributed by atoms with Crippen LogP contribution in [-0.2, 0) is 9.31 Å². The lowest BCUT2D eigenvalue weighted by atomic mass is 9.76. The van der Waals surface area contributed by atoms with E-state index in [0.29, 0.717) is 0 Å². The number of hydrogen-bond acceptors (Lipinski definition) is 2. The Morgan fingerprint density at radius 1 is 0.789 bits per heavy atom. The molecule has 1 heterocycles. The van der Waals surface area contributed by atoms with Crippen molar-refractivity contribution in [2.45, 2.75) is 38.9 Å². The van der Waals surface area contributed by atoms with Gasteiger partial charge >= 0.3 is 7.12 Å². The fraction of sp³-hybridized carbons (Fsp3) is 0.375. The average molecular weight is 254 g/mol. The van der Waals surface area contributed by atoms with Gasteiger partial charge in [-0.05, 0) is 43.9 Å². The molecule has 0 bridgehead atoms. The highest BCUT2D eigenvalue weighted by molar-refractivity contribution is 6.65. The van der Waals surface area contributed by atoms with Crippen molar-refractivity contribution in [1.29, 1.82) is 0 Å². The van der Waals surface area contributed by atoms with Crippen LogP contribution in [0.5, 0.6) is 0 Å². The summed E-state index contributed by atoms with van der Waals surface area (Å²) < 4.78 is 12.3. The van der Waals surface area contributed by atoms with Crippen LogP contribution < -0.4 is 5.46 Å². The van der Waals surface area contributed by atoms with Gasteiger partial charge in [-0.1, -0.05) is 42.5 Å². The van der Waals surface area contributed by atoms with Gasteiger partial charge in [-0.15, -0.1) is 0 Å². The molecule has 0 aromatic heterocycles. The van der Waals surface area contributed by atoms with E-state index in [1.807, 2.05) is 0 Å². The van der Waals surface area contributed by atoms with E-state index in [1.54, 1.807) is 0 Å². The Balaban J connectivity index is 2.08. The summed E-state index contributed by atoms with van der Waals surface area (Å²) in [5.74, 6) is 0. The van der Waals surface area contributed by atoms with Crippen LogP contribution in [0.1, 0.15) is 27.7 Å². The fourth-order valence-corrected chi connectivity index (χ4v) is 2.43. The van der Waals surface area contributed by atoms with E-state index in [-0.39, 0.29) is 18.3 Å². The van der Waals surface area contributed by atoms with Gasteiger partial charge in [0.15, 0.2) is 0 Å². The minimum atomic E-state index is -0.297. The van der Waals surface area contributed by atoms with Crippen LogP contribution in [0.2, 0.25) is 0 Å². The lowest BCUT2D eigenvalue weighted by Crippen LogP contribution is -2.41. The molecule has 98 valence electrons. The molecule has 1 aliphatic heterocycles. The Labute approximate surface area is 114 Å². The summed E-state index contributed by atoms with van der Waals surface area (Å²) in [6, 6.07) is 14.6. The summed E-state index contributed by atoms with van der Waals surface area (Å²) in [5.41, 5.74) is 0.514. The largest absolute Gasteiger partial charge is 0.495 e. The lowest BCUT2D eigenvalue weighted by molar-refractivity contribution is 0.00578. The van der Waals surface area contributed by atoms with Crippen molar-refractivity contribution in [3.05, 3.63) is 42.5 Å². The van der Waals surface area contributed by atoms with E-state index < -0.39 is 0 Å². The van der Waals surface area contributed by atoms with Crippen LogP contribution in [0.4, 0.5) is 0 Å². The first-order valence-corrected chi connectivity index (χ1v) is 6.74. The Hall–Kier alpha value is -1.32. The zero-order valence-electron chi connectivity index (χ0n) is 11.9. The predicted octanol–water partition coefficient (Wildman–Crippen LogP) is 3.14. The minimum Gasteiger partial charge on any atom is -0.399 e. The number of rotatable bonds is 1. The summed E-state index contributed by atoms with van der Waals surface area (Å²) in [7, 11) is -0.295. The monoisotopic (exact) mass is 254 g/mol. The van der Waals surface area contributed by atoms with E-state index in [1.165, 1.54) is 10.8 Å². The molecule has 1 fully saturated rings. The predicted molar refractivity (Wildman–Crippen MR) is 79.7 cm³/mol. The molecule has 2 aromatic rings. The van der Waals surface area contributed by atoms with Crippen molar-refractivity contribution in [3.8, 4) is 0 Å². The molecule has 3 rings (SSSR count). The van der Waals surface area contributed by atoms with Gasteiger partial charge in [-0.3, -0.25) is 0 Å². The van der Waals surface area contributed by atoms with Crippen LogP contribution in [-0.4, -0.2) is 18.3 Å². The zero-order chi connectivity index (χ0) is 13.7. The first-order valence-electron chi connectivity index (χ1n) is 6.74. The third-order valence-corrected chi connectivity index (χ3v) is 4.33. The standard InChI is InChI=1S/C16H19BO2/c1-15(2)16(3,4)19-17(18-15)14-11-7-9-12-8-5-6-10-13(12)14/h5-11H,1-4H3. The van der Waals surface area contributed by atoms with Crippen molar-refractivity contribution in [2.24, 2.45) is 0 Å². The number of fused-ring (bicyclic) bond motifs is 1. The van der Waals surface area contributed by atoms with Crippen LogP contribution in [0.15, 0.2) is 42.5 Å². The Morgan fingerprint density at radius 3 is 2.05 bits per heavy atom. The summed E-state index contributed by atoms with van der Waals surface area (Å²) in [6.07, 6.45) is 0. The second kappa shape index (κ2) is 4.09. The van der Waals surface area contributed by atoms with Gasteiger partial charge in [0.05, 0.1) is 11.2 Å². The van der Waals surface area contributed by atoms with Gasteiger partial charge in [0.25, 0.3) is 0 Å². The Kier molecular flexibility index (Phi) is 2.73.